The fourth-order valence-corrected chi connectivity index (χ4v) is 3.91. The minimum absolute atomic E-state index is 0.0358. The molecule has 35 heavy (non-hydrogen) atoms. The van der Waals surface area contributed by atoms with Crippen LogP contribution in [0.1, 0.15) is 10.4 Å². The summed E-state index contributed by atoms with van der Waals surface area (Å²) in [6.45, 7) is 2.09. The summed E-state index contributed by atoms with van der Waals surface area (Å²) >= 11 is 5.92. The molecule has 3 aromatic carbocycles. The van der Waals surface area contributed by atoms with Crippen LogP contribution in [-0.2, 0) is 4.79 Å². The van der Waals surface area contributed by atoms with Gasteiger partial charge in [-0.1, -0.05) is 23.7 Å². The number of ether oxygens (including phenoxy) is 1. The molecule has 0 radical (unpaired) electrons. The number of carbonyl (C=O) groups excluding carboxylic acids is 2. The highest BCUT2D eigenvalue weighted by atomic mass is 35.5. The molecule has 3 aromatic rings. The van der Waals surface area contributed by atoms with E-state index in [1.54, 1.807) is 29.2 Å². The number of benzene rings is 3. The Labute approximate surface area is 207 Å². The summed E-state index contributed by atoms with van der Waals surface area (Å²) in [5.41, 5.74) is 2.05. The fourth-order valence-electron chi connectivity index (χ4n) is 3.78. The van der Waals surface area contributed by atoms with Crippen LogP contribution < -0.4 is 15.0 Å². The molecule has 0 unspecified atom stereocenters. The molecule has 4 rings (SSSR count). The van der Waals surface area contributed by atoms with E-state index < -0.39 is 4.92 Å². The first-order valence-electron chi connectivity index (χ1n) is 11.0. The lowest BCUT2D eigenvalue weighted by Crippen LogP contribution is -2.49. The number of rotatable bonds is 7. The van der Waals surface area contributed by atoms with Gasteiger partial charge in [-0.2, -0.15) is 0 Å². The van der Waals surface area contributed by atoms with Crippen LogP contribution in [0, 0.1) is 10.1 Å². The summed E-state index contributed by atoms with van der Waals surface area (Å²) in [7, 11) is 0. The molecule has 2 amide bonds. The lowest BCUT2D eigenvalue weighted by atomic mass is 10.1. The predicted molar refractivity (Wildman–Crippen MR) is 133 cm³/mol. The highest BCUT2D eigenvalue weighted by Crippen LogP contribution is 2.27. The van der Waals surface area contributed by atoms with Crippen LogP contribution in [0.2, 0.25) is 5.02 Å². The lowest BCUT2D eigenvalue weighted by Gasteiger charge is -2.37. The molecule has 0 spiro atoms. The van der Waals surface area contributed by atoms with Crippen LogP contribution in [0.3, 0.4) is 0 Å². The molecule has 9 nitrogen and oxygen atoms in total. The van der Waals surface area contributed by atoms with Gasteiger partial charge in [0.25, 0.3) is 17.5 Å². The third kappa shape index (κ3) is 6.07. The van der Waals surface area contributed by atoms with E-state index in [4.69, 9.17) is 16.3 Å². The van der Waals surface area contributed by atoms with E-state index in [0.717, 1.165) is 5.69 Å². The number of anilines is 2. The molecule has 1 N–H and O–H groups in total. The second kappa shape index (κ2) is 10.9. The van der Waals surface area contributed by atoms with Crippen molar-refractivity contribution in [1.29, 1.82) is 0 Å². The van der Waals surface area contributed by atoms with E-state index in [1.807, 2.05) is 24.3 Å². The van der Waals surface area contributed by atoms with Crippen molar-refractivity contribution in [3.63, 3.8) is 0 Å². The monoisotopic (exact) mass is 494 g/mol. The third-order valence-corrected chi connectivity index (χ3v) is 5.85. The van der Waals surface area contributed by atoms with Gasteiger partial charge in [0.2, 0.25) is 0 Å². The van der Waals surface area contributed by atoms with Gasteiger partial charge in [0, 0.05) is 48.9 Å². The van der Waals surface area contributed by atoms with Crippen molar-refractivity contribution >= 4 is 40.5 Å². The normalized spacial score (nSPS) is 13.3. The molecule has 1 fully saturated rings. The Morgan fingerprint density at radius 3 is 2.26 bits per heavy atom. The molecule has 0 aliphatic carbocycles. The van der Waals surface area contributed by atoms with E-state index in [-0.39, 0.29) is 24.1 Å². The van der Waals surface area contributed by atoms with Crippen LogP contribution >= 0.6 is 11.6 Å². The molecule has 180 valence electrons. The number of nitro benzene ring substituents is 1. The van der Waals surface area contributed by atoms with E-state index >= 15 is 0 Å². The van der Waals surface area contributed by atoms with Gasteiger partial charge in [0.05, 0.1) is 16.3 Å². The Bertz CT molecular complexity index is 1210. The quantitative estimate of drug-likeness (QED) is 0.389. The lowest BCUT2D eigenvalue weighted by molar-refractivity contribution is -0.384. The van der Waals surface area contributed by atoms with E-state index in [2.05, 4.69) is 10.2 Å². The van der Waals surface area contributed by atoms with E-state index in [0.29, 0.717) is 48.2 Å². The van der Waals surface area contributed by atoms with Crippen LogP contribution in [-0.4, -0.2) is 54.4 Å². The van der Waals surface area contributed by atoms with E-state index in [9.17, 15) is 19.7 Å². The largest absolute Gasteiger partial charge is 0.484 e. The van der Waals surface area contributed by atoms with Gasteiger partial charge < -0.3 is 19.9 Å². The molecule has 0 aromatic heterocycles. The molecule has 0 atom stereocenters. The number of halogens is 1. The highest BCUT2D eigenvalue weighted by molar-refractivity contribution is 6.30. The standard InChI is InChI=1S/C25H23ClN4O5/c26-19-7-5-18(6-8-19)25(32)29-15-13-28(14-16-29)23-4-2-1-3-22(23)27-24(31)17-35-21-11-9-20(10-12-21)30(33)34/h1-12H,13-17H2,(H,27,31). The Morgan fingerprint density at radius 2 is 1.60 bits per heavy atom. The second-order valence-electron chi connectivity index (χ2n) is 7.89. The van der Waals surface area contributed by atoms with Gasteiger partial charge in [-0.15, -0.1) is 0 Å². The average molecular weight is 495 g/mol. The van der Waals surface area contributed by atoms with Crippen molar-refractivity contribution in [2.24, 2.45) is 0 Å². The zero-order valence-electron chi connectivity index (χ0n) is 18.7. The summed E-state index contributed by atoms with van der Waals surface area (Å²) in [5.74, 6) is -0.0286. The molecule has 1 aliphatic heterocycles. The molecular weight excluding hydrogens is 472 g/mol. The number of carbonyl (C=O) groups is 2. The maximum atomic E-state index is 12.8. The summed E-state index contributed by atoms with van der Waals surface area (Å²) in [6.07, 6.45) is 0. The van der Waals surface area contributed by atoms with Gasteiger partial charge >= 0.3 is 0 Å². The zero-order chi connectivity index (χ0) is 24.8. The number of nitrogens with zero attached hydrogens (tertiary/aromatic N) is 3. The van der Waals surface area contributed by atoms with Crippen LogP contribution in [0.5, 0.6) is 5.75 Å². The zero-order valence-corrected chi connectivity index (χ0v) is 19.5. The van der Waals surface area contributed by atoms with Crippen LogP contribution in [0.4, 0.5) is 17.1 Å². The van der Waals surface area contributed by atoms with Crippen molar-refractivity contribution < 1.29 is 19.2 Å². The topological polar surface area (TPSA) is 105 Å². The first-order chi connectivity index (χ1) is 16.9. The molecule has 0 saturated carbocycles. The molecule has 1 heterocycles. The predicted octanol–water partition coefficient (Wildman–Crippen LogP) is 4.23. The van der Waals surface area contributed by atoms with E-state index in [1.165, 1.54) is 24.3 Å². The molecular formula is C25H23ClN4O5. The number of para-hydroxylation sites is 2. The van der Waals surface area contributed by atoms with Gasteiger partial charge in [0.1, 0.15) is 5.75 Å². The smallest absolute Gasteiger partial charge is 0.269 e. The summed E-state index contributed by atoms with van der Waals surface area (Å²) in [6, 6.07) is 19.8. The Hall–Kier alpha value is -4.11. The Kier molecular flexibility index (Phi) is 7.47. The number of non-ortho nitro benzene ring substituents is 1. The maximum Gasteiger partial charge on any atom is 0.269 e. The van der Waals surface area contributed by atoms with Crippen molar-refractivity contribution in [3.8, 4) is 5.75 Å². The first kappa shape index (κ1) is 24.0. The molecule has 1 aliphatic rings. The molecule has 0 bridgehead atoms. The van der Waals surface area contributed by atoms with Gasteiger partial charge in [0.15, 0.2) is 6.61 Å². The number of nitro groups is 1. The van der Waals surface area contributed by atoms with Crippen molar-refractivity contribution in [1.82, 2.24) is 4.90 Å². The molecule has 10 heteroatoms. The summed E-state index contributed by atoms with van der Waals surface area (Å²) in [4.78, 5) is 39.4. The van der Waals surface area contributed by atoms with Gasteiger partial charge in [-0.3, -0.25) is 19.7 Å². The number of hydrogen-bond donors (Lipinski definition) is 1. The van der Waals surface area contributed by atoms with Crippen molar-refractivity contribution in [3.05, 3.63) is 93.5 Å². The Balaban J connectivity index is 1.33. The van der Waals surface area contributed by atoms with Crippen molar-refractivity contribution in [2.75, 3.05) is 43.0 Å². The summed E-state index contributed by atoms with van der Waals surface area (Å²) in [5, 5.41) is 14.2. The van der Waals surface area contributed by atoms with Gasteiger partial charge in [-0.25, -0.2) is 0 Å². The van der Waals surface area contributed by atoms with Crippen LogP contribution in [0.15, 0.2) is 72.8 Å². The van der Waals surface area contributed by atoms with Crippen LogP contribution in [0.25, 0.3) is 0 Å². The van der Waals surface area contributed by atoms with Gasteiger partial charge in [-0.05, 0) is 48.5 Å². The number of nitrogens with one attached hydrogen (secondary N) is 1. The Morgan fingerprint density at radius 1 is 0.943 bits per heavy atom. The third-order valence-electron chi connectivity index (χ3n) is 5.59. The number of amides is 2. The fraction of sp³-hybridized carbons (Fsp3) is 0.200. The van der Waals surface area contributed by atoms with Crippen molar-refractivity contribution in [2.45, 2.75) is 0 Å². The summed E-state index contributed by atoms with van der Waals surface area (Å²) < 4.78 is 5.45. The number of hydrogen-bond acceptors (Lipinski definition) is 6. The highest BCUT2D eigenvalue weighted by Gasteiger charge is 2.24. The maximum absolute atomic E-state index is 12.8. The second-order valence-corrected chi connectivity index (χ2v) is 8.33. The SMILES string of the molecule is O=C(COc1ccc([N+](=O)[O-])cc1)Nc1ccccc1N1CCN(C(=O)c2ccc(Cl)cc2)CC1. The minimum atomic E-state index is -0.499. The number of piperazine rings is 1. The average Bonchev–Trinajstić information content (AvgIpc) is 2.88. The molecule has 1 saturated heterocycles. The first-order valence-corrected chi connectivity index (χ1v) is 11.3. The minimum Gasteiger partial charge on any atom is -0.484 e.